The van der Waals surface area contributed by atoms with E-state index in [4.69, 9.17) is 4.74 Å². The molecule has 8 nitrogen and oxygen atoms in total. The van der Waals surface area contributed by atoms with Crippen molar-refractivity contribution >= 4 is 17.1 Å². The minimum absolute atomic E-state index is 0.240. The van der Waals surface area contributed by atoms with Crippen molar-refractivity contribution in [1.29, 1.82) is 0 Å². The lowest BCUT2D eigenvalue weighted by Gasteiger charge is -2.12. The van der Waals surface area contributed by atoms with Crippen LogP contribution in [0.2, 0.25) is 0 Å². The van der Waals surface area contributed by atoms with E-state index in [2.05, 4.69) is 4.98 Å². The minimum atomic E-state index is -0.432. The van der Waals surface area contributed by atoms with Gasteiger partial charge in [0.15, 0.2) is 11.2 Å². The van der Waals surface area contributed by atoms with Crippen LogP contribution in [0, 0.1) is 0 Å². The summed E-state index contributed by atoms with van der Waals surface area (Å²) in [5.41, 5.74) is 1.65. The molecule has 0 aliphatic carbocycles. The number of nitrogens with zero attached hydrogens (tertiary/aromatic N) is 4. The fourth-order valence-electron chi connectivity index (χ4n) is 3.50. The fraction of sp³-hybridized carbons (Fsp3) is 0.182. The normalized spacial score (nSPS) is 11.0. The lowest BCUT2D eigenvalue weighted by atomic mass is 10.1. The number of hydrogen-bond acceptors (Lipinski definition) is 5. The molecule has 0 aliphatic heterocycles. The van der Waals surface area contributed by atoms with Crippen LogP contribution < -0.4 is 11.2 Å². The van der Waals surface area contributed by atoms with Gasteiger partial charge in [-0.3, -0.25) is 9.36 Å². The number of aromatic nitrogens is 4. The maximum atomic E-state index is 13.1. The molecule has 0 unspecified atom stereocenters. The van der Waals surface area contributed by atoms with Crippen LogP contribution in [-0.2, 0) is 17.8 Å². The monoisotopic (exact) mass is 404 g/mol. The van der Waals surface area contributed by atoms with Gasteiger partial charge in [0.2, 0.25) is 0 Å². The predicted octanol–water partition coefficient (Wildman–Crippen LogP) is 2.20. The lowest BCUT2D eigenvalue weighted by Crippen LogP contribution is -2.39. The number of para-hydroxylation sites is 1. The third kappa shape index (κ3) is 3.22. The molecule has 0 spiro atoms. The number of methoxy groups -OCH3 is 1. The van der Waals surface area contributed by atoms with Gasteiger partial charge in [-0.05, 0) is 36.8 Å². The summed E-state index contributed by atoms with van der Waals surface area (Å²) >= 11 is 0. The van der Waals surface area contributed by atoms with Gasteiger partial charge in [-0.15, -0.1) is 0 Å². The zero-order chi connectivity index (χ0) is 21.3. The van der Waals surface area contributed by atoms with Crippen molar-refractivity contribution in [3.8, 4) is 5.69 Å². The molecular formula is C22H20N4O4. The van der Waals surface area contributed by atoms with Crippen molar-refractivity contribution in [2.24, 2.45) is 0 Å². The van der Waals surface area contributed by atoms with E-state index in [1.807, 2.05) is 24.3 Å². The maximum absolute atomic E-state index is 13.1. The molecule has 8 heteroatoms. The average molecular weight is 404 g/mol. The molecule has 0 saturated heterocycles. The maximum Gasteiger partial charge on any atom is 0.337 e. The zero-order valence-corrected chi connectivity index (χ0v) is 16.6. The van der Waals surface area contributed by atoms with Crippen molar-refractivity contribution in [3.05, 3.63) is 92.9 Å². The van der Waals surface area contributed by atoms with Gasteiger partial charge >= 0.3 is 11.7 Å². The molecule has 30 heavy (non-hydrogen) atoms. The highest BCUT2D eigenvalue weighted by molar-refractivity contribution is 5.89. The Kier molecular flexibility index (Phi) is 5.05. The summed E-state index contributed by atoms with van der Waals surface area (Å²) in [4.78, 5) is 42.3. The van der Waals surface area contributed by atoms with Crippen LogP contribution in [0.5, 0.6) is 0 Å². The van der Waals surface area contributed by atoms with Crippen LogP contribution in [0.4, 0.5) is 0 Å². The highest BCUT2D eigenvalue weighted by Gasteiger charge is 2.18. The smallest absolute Gasteiger partial charge is 0.337 e. The van der Waals surface area contributed by atoms with Crippen molar-refractivity contribution in [2.75, 3.05) is 7.11 Å². The number of esters is 1. The van der Waals surface area contributed by atoms with E-state index in [9.17, 15) is 14.4 Å². The van der Waals surface area contributed by atoms with E-state index in [-0.39, 0.29) is 6.54 Å². The summed E-state index contributed by atoms with van der Waals surface area (Å²) in [6.07, 6.45) is 1.54. The van der Waals surface area contributed by atoms with Gasteiger partial charge < -0.3 is 9.30 Å². The molecule has 4 aromatic rings. The first-order chi connectivity index (χ1) is 14.5. The number of hydrogen-bond donors (Lipinski definition) is 0. The third-order valence-corrected chi connectivity index (χ3v) is 4.93. The van der Waals surface area contributed by atoms with E-state index in [0.29, 0.717) is 29.0 Å². The fourth-order valence-corrected chi connectivity index (χ4v) is 3.50. The molecular weight excluding hydrogens is 384 g/mol. The molecule has 2 heterocycles. The largest absolute Gasteiger partial charge is 0.465 e. The standard InChI is InChI=1S/C22H20N4O4/c1-3-25-20(27)18-19(26(22(25)29)17-10-5-4-6-11-17)23-14-24(18)13-15-8-7-9-16(12-15)21(28)30-2/h4-12,14H,3,13H2,1-2H3. The number of imidazole rings is 1. The lowest BCUT2D eigenvalue weighted by molar-refractivity contribution is 0.0600. The summed E-state index contributed by atoms with van der Waals surface area (Å²) in [5, 5.41) is 0. The van der Waals surface area contributed by atoms with Gasteiger partial charge in [0.1, 0.15) is 0 Å². The number of carbonyl (C=O) groups is 1. The Morgan fingerprint density at radius 2 is 1.83 bits per heavy atom. The number of rotatable bonds is 5. The van der Waals surface area contributed by atoms with E-state index >= 15 is 0 Å². The van der Waals surface area contributed by atoms with Crippen LogP contribution in [0.25, 0.3) is 16.9 Å². The average Bonchev–Trinajstić information content (AvgIpc) is 3.18. The Labute approximate surface area is 171 Å². The first-order valence-corrected chi connectivity index (χ1v) is 9.48. The summed E-state index contributed by atoms with van der Waals surface area (Å²) in [6, 6.07) is 16.1. The molecule has 2 aromatic carbocycles. The topological polar surface area (TPSA) is 88.1 Å². The first-order valence-electron chi connectivity index (χ1n) is 9.48. The summed E-state index contributed by atoms with van der Waals surface area (Å²) in [7, 11) is 1.33. The van der Waals surface area contributed by atoms with Gasteiger partial charge in [-0.1, -0.05) is 30.3 Å². The van der Waals surface area contributed by atoms with Crippen LogP contribution in [-0.4, -0.2) is 31.8 Å². The molecule has 152 valence electrons. The molecule has 0 atom stereocenters. The highest BCUT2D eigenvalue weighted by Crippen LogP contribution is 2.15. The van der Waals surface area contributed by atoms with Gasteiger partial charge in [0.25, 0.3) is 5.56 Å². The molecule has 0 saturated carbocycles. The van der Waals surface area contributed by atoms with Crippen molar-refractivity contribution in [2.45, 2.75) is 20.0 Å². The second kappa shape index (κ2) is 7.82. The van der Waals surface area contributed by atoms with Crippen LogP contribution in [0.15, 0.2) is 70.5 Å². The first kappa shape index (κ1) is 19.4. The molecule has 0 bridgehead atoms. The van der Waals surface area contributed by atoms with E-state index in [0.717, 1.165) is 5.56 Å². The van der Waals surface area contributed by atoms with Gasteiger partial charge in [-0.2, -0.15) is 0 Å². The second-order valence-corrected chi connectivity index (χ2v) is 6.74. The molecule has 0 amide bonds. The number of ether oxygens (including phenoxy) is 1. The Hall–Kier alpha value is -3.94. The van der Waals surface area contributed by atoms with Crippen molar-refractivity contribution < 1.29 is 9.53 Å². The van der Waals surface area contributed by atoms with Crippen LogP contribution in [0.1, 0.15) is 22.8 Å². The van der Waals surface area contributed by atoms with E-state index in [1.54, 1.807) is 41.8 Å². The van der Waals surface area contributed by atoms with E-state index in [1.165, 1.54) is 22.6 Å². The molecule has 0 N–H and O–H groups in total. The Morgan fingerprint density at radius 3 is 2.53 bits per heavy atom. The van der Waals surface area contributed by atoms with Gasteiger partial charge in [0, 0.05) is 13.1 Å². The molecule has 0 aliphatic rings. The van der Waals surface area contributed by atoms with Crippen molar-refractivity contribution in [3.63, 3.8) is 0 Å². The highest BCUT2D eigenvalue weighted by atomic mass is 16.5. The minimum Gasteiger partial charge on any atom is -0.465 e. The number of carbonyl (C=O) groups excluding carboxylic acids is 1. The van der Waals surface area contributed by atoms with Crippen molar-refractivity contribution in [1.82, 2.24) is 18.7 Å². The molecule has 2 aromatic heterocycles. The van der Waals surface area contributed by atoms with Crippen LogP contribution in [0.3, 0.4) is 0 Å². The SMILES string of the molecule is CCn1c(=O)c2c(ncn2Cc2cccc(C(=O)OC)c2)n(-c2ccccc2)c1=O. The number of fused-ring (bicyclic) bond motifs is 1. The third-order valence-electron chi connectivity index (χ3n) is 4.93. The Morgan fingerprint density at radius 1 is 1.07 bits per heavy atom. The van der Waals surface area contributed by atoms with Crippen LogP contribution >= 0.6 is 0 Å². The zero-order valence-electron chi connectivity index (χ0n) is 16.6. The van der Waals surface area contributed by atoms with Gasteiger partial charge in [0.05, 0.1) is 24.7 Å². The predicted molar refractivity (Wildman–Crippen MR) is 112 cm³/mol. The quantitative estimate of drug-likeness (QED) is 0.476. The summed E-state index contributed by atoms with van der Waals surface area (Å²) < 4.78 is 9.11. The van der Waals surface area contributed by atoms with E-state index < -0.39 is 17.2 Å². The summed E-state index contributed by atoms with van der Waals surface area (Å²) in [5.74, 6) is -0.432. The summed E-state index contributed by atoms with van der Waals surface area (Å²) in [6.45, 7) is 2.31. The molecule has 4 rings (SSSR count). The Bertz CT molecular complexity index is 1350. The number of benzene rings is 2. The molecule has 0 radical (unpaired) electrons. The second-order valence-electron chi connectivity index (χ2n) is 6.74. The Balaban J connectivity index is 1.91. The molecule has 0 fully saturated rings. The van der Waals surface area contributed by atoms with Gasteiger partial charge in [-0.25, -0.2) is 19.1 Å².